The van der Waals surface area contributed by atoms with Gasteiger partial charge in [-0.2, -0.15) is 0 Å². The molecule has 0 radical (unpaired) electrons. The molecule has 1 aliphatic rings. The second-order valence-electron chi connectivity index (χ2n) is 2.44. The molecule has 0 aromatic carbocycles. The molecule has 0 unspecified atom stereocenters. The van der Waals surface area contributed by atoms with Crippen LogP contribution in [0.15, 0.2) is 0 Å². The maximum absolute atomic E-state index is 10.9. The summed E-state index contributed by atoms with van der Waals surface area (Å²) in [6.45, 7) is 3.90. The van der Waals surface area contributed by atoms with Gasteiger partial charge in [-0.1, -0.05) is 6.92 Å². The van der Waals surface area contributed by atoms with Crippen molar-refractivity contribution in [2.75, 3.05) is 13.1 Å². The van der Waals surface area contributed by atoms with Crippen LogP contribution >= 0.6 is 0 Å². The van der Waals surface area contributed by atoms with Crippen molar-refractivity contribution in [1.29, 1.82) is 0 Å². The molecule has 1 heterocycles. The summed E-state index contributed by atoms with van der Waals surface area (Å²) >= 11 is 0. The molecule has 0 aromatic heterocycles. The molecule has 1 saturated heterocycles. The van der Waals surface area contributed by atoms with Crippen LogP contribution in [0.1, 0.15) is 26.2 Å². The first-order valence-corrected chi connectivity index (χ1v) is 3.62. The fourth-order valence-electron chi connectivity index (χ4n) is 1.19. The maximum atomic E-state index is 10.9. The Kier molecular flexibility index (Phi) is 2.09. The summed E-state index contributed by atoms with van der Waals surface area (Å²) in [5.74, 6) is 0.313. The summed E-state index contributed by atoms with van der Waals surface area (Å²) in [4.78, 5) is 12.9. The Morgan fingerprint density at radius 2 is 2.00 bits per heavy atom. The predicted molar refractivity (Wildman–Crippen MR) is 36.1 cm³/mol. The number of nitrogens with zero attached hydrogens (tertiary/aromatic N) is 1. The van der Waals surface area contributed by atoms with Crippen LogP contribution in [0, 0.1) is 0 Å². The van der Waals surface area contributed by atoms with E-state index in [0.717, 1.165) is 13.1 Å². The number of likely N-dealkylation sites (tertiary alicyclic amines) is 1. The first-order chi connectivity index (χ1) is 4.34. The Balaban J connectivity index is 2.32. The molecule has 1 aliphatic heterocycles. The van der Waals surface area contributed by atoms with Gasteiger partial charge in [0.2, 0.25) is 5.91 Å². The van der Waals surface area contributed by atoms with Gasteiger partial charge in [-0.05, 0) is 12.8 Å². The zero-order valence-corrected chi connectivity index (χ0v) is 5.89. The van der Waals surface area contributed by atoms with E-state index in [-0.39, 0.29) is 0 Å². The Morgan fingerprint density at radius 3 is 2.44 bits per heavy atom. The lowest BCUT2D eigenvalue weighted by atomic mass is 10.4. The van der Waals surface area contributed by atoms with Gasteiger partial charge in [0, 0.05) is 19.5 Å². The highest BCUT2D eigenvalue weighted by Gasteiger charge is 2.14. The van der Waals surface area contributed by atoms with Gasteiger partial charge >= 0.3 is 0 Å². The molecule has 1 rings (SSSR count). The maximum Gasteiger partial charge on any atom is 0.222 e. The minimum atomic E-state index is 0.313. The molecular weight excluding hydrogens is 114 g/mol. The lowest BCUT2D eigenvalue weighted by Crippen LogP contribution is -2.26. The Labute approximate surface area is 55.8 Å². The quantitative estimate of drug-likeness (QED) is 0.515. The van der Waals surface area contributed by atoms with Crippen LogP contribution in [0.2, 0.25) is 0 Å². The van der Waals surface area contributed by atoms with E-state index >= 15 is 0 Å². The fourth-order valence-corrected chi connectivity index (χ4v) is 1.19. The van der Waals surface area contributed by atoms with E-state index in [9.17, 15) is 4.79 Å². The summed E-state index contributed by atoms with van der Waals surface area (Å²) < 4.78 is 0. The Bertz CT molecular complexity index is 105. The first kappa shape index (κ1) is 6.59. The van der Waals surface area contributed by atoms with E-state index in [4.69, 9.17) is 0 Å². The lowest BCUT2D eigenvalue weighted by molar-refractivity contribution is -0.129. The monoisotopic (exact) mass is 127 g/mol. The third kappa shape index (κ3) is 1.44. The zero-order valence-electron chi connectivity index (χ0n) is 5.89. The molecule has 9 heavy (non-hydrogen) atoms. The summed E-state index contributed by atoms with van der Waals surface area (Å²) in [5.41, 5.74) is 0. The van der Waals surface area contributed by atoms with Crippen LogP contribution in [0.25, 0.3) is 0 Å². The van der Waals surface area contributed by atoms with E-state index in [2.05, 4.69) is 0 Å². The van der Waals surface area contributed by atoms with Crippen LogP contribution in [0.3, 0.4) is 0 Å². The molecule has 1 fully saturated rings. The van der Waals surface area contributed by atoms with Crippen LogP contribution < -0.4 is 0 Å². The van der Waals surface area contributed by atoms with E-state index in [1.54, 1.807) is 0 Å². The highest BCUT2D eigenvalue weighted by atomic mass is 16.2. The van der Waals surface area contributed by atoms with E-state index in [0.29, 0.717) is 12.3 Å². The van der Waals surface area contributed by atoms with Gasteiger partial charge in [0.25, 0.3) is 0 Å². The second-order valence-corrected chi connectivity index (χ2v) is 2.44. The number of carbonyl (C=O) groups excluding carboxylic acids is 1. The number of amides is 1. The molecule has 52 valence electrons. The predicted octanol–water partition coefficient (Wildman–Crippen LogP) is 1.02. The third-order valence-corrected chi connectivity index (χ3v) is 1.76. The average molecular weight is 127 g/mol. The van der Waals surface area contributed by atoms with Gasteiger partial charge in [-0.25, -0.2) is 0 Å². The molecule has 0 aromatic rings. The fraction of sp³-hybridized carbons (Fsp3) is 0.857. The van der Waals surface area contributed by atoms with Crippen molar-refractivity contribution in [1.82, 2.24) is 4.90 Å². The number of hydrogen-bond donors (Lipinski definition) is 0. The van der Waals surface area contributed by atoms with Gasteiger partial charge in [-0.3, -0.25) is 4.79 Å². The van der Waals surface area contributed by atoms with Crippen LogP contribution in [-0.2, 0) is 4.79 Å². The van der Waals surface area contributed by atoms with Gasteiger partial charge in [0.15, 0.2) is 0 Å². The molecule has 0 aliphatic carbocycles. The van der Waals surface area contributed by atoms with Gasteiger partial charge in [-0.15, -0.1) is 0 Å². The van der Waals surface area contributed by atoms with Crippen LogP contribution in [0.4, 0.5) is 0 Å². The molecule has 0 spiro atoms. The van der Waals surface area contributed by atoms with Crippen molar-refractivity contribution in [3.05, 3.63) is 0 Å². The molecular formula is C7H13NO. The molecule has 2 heteroatoms. The minimum absolute atomic E-state index is 0.313. The molecule has 0 N–H and O–H groups in total. The Morgan fingerprint density at radius 1 is 1.44 bits per heavy atom. The standard InChI is InChI=1S/C7H13NO/c1-2-7(9)8-5-3-4-6-8/h2-6H2,1H3. The molecule has 0 atom stereocenters. The topological polar surface area (TPSA) is 20.3 Å². The summed E-state index contributed by atoms with van der Waals surface area (Å²) in [5, 5.41) is 0. The number of rotatable bonds is 1. The van der Waals surface area contributed by atoms with Crippen molar-refractivity contribution in [3.63, 3.8) is 0 Å². The highest BCUT2D eigenvalue weighted by Crippen LogP contribution is 2.07. The summed E-state index contributed by atoms with van der Waals surface area (Å²) in [6.07, 6.45) is 3.07. The molecule has 0 bridgehead atoms. The van der Waals surface area contributed by atoms with Gasteiger partial charge in [0.1, 0.15) is 0 Å². The molecule has 1 amide bonds. The van der Waals surface area contributed by atoms with E-state index in [1.807, 2.05) is 11.8 Å². The van der Waals surface area contributed by atoms with Crippen molar-refractivity contribution >= 4 is 5.91 Å². The van der Waals surface area contributed by atoms with Crippen LogP contribution in [0.5, 0.6) is 0 Å². The largest absolute Gasteiger partial charge is 0.343 e. The Hall–Kier alpha value is -0.530. The first-order valence-electron chi connectivity index (χ1n) is 3.62. The summed E-state index contributed by atoms with van der Waals surface area (Å²) in [6, 6.07) is 0. The minimum Gasteiger partial charge on any atom is -0.343 e. The third-order valence-electron chi connectivity index (χ3n) is 1.76. The van der Waals surface area contributed by atoms with Crippen molar-refractivity contribution in [2.45, 2.75) is 26.2 Å². The lowest BCUT2D eigenvalue weighted by Gasteiger charge is -2.12. The SMILES string of the molecule is CCC(=O)N1CCCC1. The van der Waals surface area contributed by atoms with Crippen LogP contribution in [-0.4, -0.2) is 23.9 Å². The number of carbonyl (C=O) groups is 1. The normalized spacial score (nSPS) is 18.6. The van der Waals surface area contributed by atoms with E-state index < -0.39 is 0 Å². The smallest absolute Gasteiger partial charge is 0.222 e. The zero-order chi connectivity index (χ0) is 6.69. The van der Waals surface area contributed by atoms with E-state index in [1.165, 1.54) is 12.8 Å². The summed E-state index contributed by atoms with van der Waals surface area (Å²) in [7, 11) is 0. The van der Waals surface area contributed by atoms with Gasteiger partial charge in [0.05, 0.1) is 0 Å². The molecule has 0 saturated carbocycles. The second kappa shape index (κ2) is 2.85. The van der Waals surface area contributed by atoms with Gasteiger partial charge < -0.3 is 4.90 Å². The highest BCUT2D eigenvalue weighted by molar-refractivity contribution is 5.75. The van der Waals surface area contributed by atoms with Crippen molar-refractivity contribution in [3.8, 4) is 0 Å². The average Bonchev–Trinajstić information content (AvgIpc) is 2.37. The van der Waals surface area contributed by atoms with Crippen molar-refractivity contribution < 1.29 is 4.79 Å². The molecule has 2 nitrogen and oxygen atoms in total. The van der Waals surface area contributed by atoms with Crippen molar-refractivity contribution in [2.24, 2.45) is 0 Å². The number of hydrogen-bond acceptors (Lipinski definition) is 1.